The van der Waals surface area contributed by atoms with Crippen LogP contribution in [0, 0.1) is 0 Å². The van der Waals surface area contributed by atoms with Crippen molar-refractivity contribution in [1.82, 2.24) is 0 Å². The lowest BCUT2D eigenvalue weighted by atomic mass is 10.1. The van der Waals surface area contributed by atoms with Crippen molar-refractivity contribution in [2.24, 2.45) is 0 Å². The fourth-order valence-electron chi connectivity index (χ4n) is 4.38. The highest BCUT2D eigenvalue weighted by atomic mass is 31.2. The number of carbonyl (C=O) groups excluding carboxylic acids is 1. The summed E-state index contributed by atoms with van der Waals surface area (Å²) >= 11 is 0. The summed E-state index contributed by atoms with van der Waals surface area (Å²) in [4.78, 5) is 22.5. The molecule has 0 aliphatic rings. The minimum absolute atomic E-state index is 0.0779. The predicted molar refractivity (Wildman–Crippen MR) is 205 cm³/mol. The number of unbranched alkanes of at least 4 members (excludes halogenated alkanes) is 7. The molecular weight excluding hydrogens is 637 g/mol. The van der Waals surface area contributed by atoms with Gasteiger partial charge in [0.05, 0.1) is 34.4 Å². The Bertz CT molecular complexity index is 1010. The van der Waals surface area contributed by atoms with Gasteiger partial charge in [-0.15, -0.1) is 0 Å². The van der Waals surface area contributed by atoms with Crippen LogP contribution in [0.5, 0.6) is 0 Å². The Labute approximate surface area is 300 Å². The van der Waals surface area contributed by atoms with Crippen LogP contribution >= 0.6 is 7.82 Å². The Kier molecular flexibility index (Phi) is 31.7. The van der Waals surface area contributed by atoms with Gasteiger partial charge in [-0.2, -0.15) is 0 Å². The Balaban J connectivity index is 4.20. The Morgan fingerprint density at radius 2 is 1.18 bits per heavy atom. The van der Waals surface area contributed by atoms with Gasteiger partial charge in [0.25, 0.3) is 0 Å². The fourth-order valence-corrected chi connectivity index (χ4v) is 5.12. The molecule has 0 aromatic heterocycles. The summed E-state index contributed by atoms with van der Waals surface area (Å²) in [6.45, 7) is 5.29. The second-order valence-electron chi connectivity index (χ2n) is 13.2. The topological polar surface area (TPSA) is 91.3 Å². The number of rotatable bonds is 33. The van der Waals surface area contributed by atoms with E-state index in [4.69, 9.17) is 18.5 Å². The van der Waals surface area contributed by atoms with Crippen LogP contribution in [-0.4, -0.2) is 75.6 Å². The SMILES string of the molecule is CC/C=C\C/C=C\C/C=C\C/C=C\C/C=C\C/C=C\CCCCCOCC(COP(=O)(O)OCC[N+](C)(C)C)OC(=O)CCCCCCC. The number of quaternary nitrogens is 1. The zero-order valence-corrected chi connectivity index (χ0v) is 32.5. The smallest absolute Gasteiger partial charge is 0.457 e. The van der Waals surface area contributed by atoms with Crippen molar-refractivity contribution >= 4 is 13.8 Å². The average Bonchev–Trinajstić information content (AvgIpc) is 3.04. The molecule has 0 bridgehead atoms. The lowest BCUT2D eigenvalue weighted by Gasteiger charge is -2.24. The van der Waals surface area contributed by atoms with E-state index in [1.54, 1.807) is 0 Å². The number of hydrogen-bond donors (Lipinski definition) is 1. The molecule has 0 aromatic carbocycles. The van der Waals surface area contributed by atoms with Gasteiger partial charge in [-0.1, -0.05) is 119 Å². The van der Waals surface area contributed by atoms with Crippen LogP contribution in [0.2, 0.25) is 0 Å². The van der Waals surface area contributed by atoms with E-state index in [9.17, 15) is 14.3 Å². The van der Waals surface area contributed by atoms with Crippen molar-refractivity contribution in [2.75, 3.05) is 54.1 Å². The van der Waals surface area contributed by atoms with Crippen LogP contribution in [0.4, 0.5) is 0 Å². The first kappa shape index (κ1) is 46.9. The van der Waals surface area contributed by atoms with E-state index < -0.39 is 13.9 Å². The van der Waals surface area contributed by atoms with Crippen molar-refractivity contribution in [2.45, 2.75) is 123 Å². The summed E-state index contributed by atoms with van der Waals surface area (Å²) in [6, 6.07) is 0. The van der Waals surface area contributed by atoms with Crippen molar-refractivity contribution < 1.29 is 37.3 Å². The molecule has 0 heterocycles. The van der Waals surface area contributed by atoms with Crippen LogP contribution in [-0.2, 0) is 27.9 Å². The average molecular weight is 709 g/mol. The highest BCUT2D eigenvalue weighted by Crippen LogP contribution is 2.43. The third-order valence-corrected chi connectivity index (χ3v) is 8.27. The van der Waals surface area contributed by atoms with Gasteiger partial charge in [-0.25, -0.2) is 4.57 Å². The largest absolute Gasteiger partial charge is 0.472 e. The van der Waals surface area contributed by atoms with Gasteiger partial charge in [-0.05, 0) is 64.2 Å². The molecule has 0 aromatic rings. The summed E-state index contributed by atoms with van der Waals surface area (Å²) in [5.74, 6) is -0.344. The van der Waals surface area contributed by atoms with Crippen LogP contribution in [0.15, 0.2) is 72.9 Å². The maximum Gasteiger partial charge on any atom is 0.472 e. The number of phosphoric acid groups is 1. The summed E-state index contributed by atoms with van der Waals surface area (Å²) < 4.78 is 34.5. The van der Waals surface area contributed by atoms with E-state index in [-0.39, 0.29) is 25.8 Å². The third-order valence-electron chi connectivity index (χ3n) is 7.28. The third kappa shape index (κ3) is 37.0. The van der Waals surface area contributed by atoms with Gasteiger partial charge in [0.15, 0.2) is 0 Å². The lowest BCUT2D eigenvalue weighted by molar-refractivity contribution is -0.870. The fraction of sp³-hybridized carbons (Fsp3) is 0.675. The number of phosphoric ester groups is 1. The van der Waals surface area contributed by atoms with Gasteiger partial charge in [0, 0.05) is 13.0 Å². The van der Waals surface area contributed by atoms with E-state index in [1.165, 1.54) is 0 Å². The normalized spacial score (nSPS) is 14.8. The lowest BCUT2D eigenvalue weighted by Crippen LogP contribution is -2.37. The van der Waals surface area contributed by atoms with Crippen molar-refractivity contribution in [3.63, 3.8) is 0 Å². The van der Waals surface area contributed by atoms with Gasteiger partial charge in [-0.3, -0.25) is 13.8 Å². The van der Waals surface area contributed by atoms with Gasteiger partial charge in [0.2, 0.25) is 0 Å². The molecule has 0 radical (unpaired) electrons. The predicted octanol–water partition coefficient (Wildman–Crippen LogP) is 10.4. The quantitative estimate of drug-likeness (QED) is 0.0239. The summed E-state index contributed by atoms with van der Waals surface area (Å²) in [7, 11) is 1.63. The van der Waals surface area contributed by atoms with Gasteiger partial charge >= 0.3 is 13.8 Å². The standard InChI is InChI=1S/C40H70NO7P/c1-6-8-10-12-13-14-15-16-17-18-19-20-21-22-23-24-25-26-27-28-30-32-35-45-37-39(48-40(42)33-31-29-11-9-7-2)38-47-49(43,44)46-36-34-41(3,4)5/h8,10,13-14,16-17,19-20,22-23,25-26,39H,6-7,9,11-12,15,18,21,24,27-38H2,1-5H3/p+1/b10-8-,14-13-,17-16-,20-19-,23-22-,26-25-. The Hall–Kier alpha value is -2.06. The number of allylic oxidation sites excluding steroid dienone is 12. The summed E-state index contributed by atoms with van der Waals surface area (Å²) in [5.41, 5.74) is 0. The van der Waals surface area contributed by atoms with Gasteiger partial charge < -0.3 is 18.9 Å². The molecule has 282 valence electrons. The second kappa shape index (κ2) is 33.1. The molecular formula is C40H71NO7P+. The molecule has 2 unspecified atom stereocenters. The first-order valence-electron chi connectivity index (χ1n) is 18.7. The van der Waals surface area contributed by atoms with Crippen molar-refractivity contribution in [1.29, 1.82) is 0 Å². The molecule has 49 heavy (non-hydrogen) atoms. The molecule has 0 saturated heterocycles. The molecule has 0 rings (SSSR count). The molecule has 9 heteroatoms. The molecule has 0 aliphatic heterocycles. The van der Waals surface area contributed by atoms with Crippen molar-refractivity contribution in [3.05, 3.63) is 72.9 Å². The van der Waals surface area contributed by atoms with Crippen LogP contribution in [0.25, 0.3) is 0 Å². The van der Waals surface area contributed by atoms with Crippen molar-refractivity contribution in [3.8, 4) is 0 Å². The number of likely N-dealkylation sites (N-methyl/N-ethyl adjacent to an activating group) is 1. The minimum atomic E-state index is -4.27. The molecule has 1 N–H and O–H groups in total. The summed E-state index contributed by atoms with van der Waals surface area (Å²) in [5, 5.41) is 0. The van der Waals surface area contributed by atoms with Crippen LogP contribution in [0.3, 0.4) is 0 Å². The Morgan fingerprint density at radius 3 is 1.73 bits per heavy atom. The molecule has 2 atom stereocenters. The number of ether oxygens (including phenoxy) is 2. The highest BCUT2D eigenvalue weighted by molar-refractivity contribution is 7.47. The zero-order chi connectivity index (χ0) is 36.3. The monoisotopic (exact) mass is 708 g/mol. The zero-order valence-electron chi connectivity index (χ0n) is 31.6. The molecule has 0 fully saturated rings. The maximum absolute atomic E-state index is 12.4. The Morgan fingerprint density at radius 1 is 0.653 bits per heavy atom. The van der Waals surface area contributed by atoms with Gasteiger partial charge in [0.1, 0.15) is 19.3 Å². The van der Waals surface area contributed by atoms with E-state index in [2.05, 4.69) is 86.8 Å². The first-order chi connectivity index (χ1) is 23.6. The van der Waals surface area contributed by atoms with E-state index in [0.29, 0.717) is 24.1 Å². The molecule has 8 nitrogen and oxygen atoms in total. The second-order valence-corrected chi connectivity index (χ2v) is 14.7. The molecule has 0 saturated carbocycles. The van der Waals surface area contributed by atoms with E-state index >= 15 is 0 Å². The number of hydrogen-bond acceptors (Lipinski definition) is 6. The minimum Gasteiger partial charge on any atom is -0.457 e. The number of nitrogens with zero attached hydrogens (tertiary/aromatic N) is 1. The molecule has 0 aliphatic carbocycles. The molecule has 0 spiro atoms. The first-order valence-corrected chi connectivity index (χ1v) is 20.2. The van der Waals surface area contributed by atoms with Crippen LogP contribution < -0.4 is 0 Å². The van der Waals surface area contributed by atoms with E-state index in [0.717, 1.165) is 96.3 Å². The number of esters is 1. The highest BCUT2D eigenvalue weighted by Gasteiger charge is 2.26. The number of carbonyl (C=O) groups is 1. The molecule has 0 amide bonds. The maximum atomic E-state index is 12.4. The summed E-state index contributed by atoms with van der Waals surface area (Å²) in [6.07, 6.45) is 41.2. The van der Waals surface area contributed by atoms with E-state index in [1.807, 2.05) is 21.1 Å². The van der Waals surface area contributed by atoms with Crippen LogP contribution in [0.1, 0.15) is 117 Å².